The topological polar surface area (TPSA) is 76.8 Å². The van der Waals surface area contributed by atoms with Gasteiger partial charge in [-0.2, -0.15) is 5.10 Å². The lowest BCUT2D eigenvalue weighted by Gasteiger charge is -2.25. The summed E-state index contributed by atoms with van der Waals surface area (Å²) < 4.78 is 0.980. The Labute approximate surface area is 230 Å². The van der Waals surface area contributed by atoms with E-state index < -0.39 is 5.25 Å². The SMILES string of the molecule is N=C(SC1CC(=O)N(c2cccc3ccccc23)C1=O)N1N=C(c2cccs2)CC1c1ccc(Br)cc1. The van der Waals surface area contributed by atoms with Crippen molar-refractivity contribution in [3.8, 4) is 0 Å². The van der Waals surface area contributed by atoms with Crippen LogP contribution in [-0.2, 0) is 9.59 Å². The maximum Gasteiger partial charge on any atom is 0.247 e. The molecule has 6 rings (SSSR count). The summed E-state index contributed by atoms with van der Waals surface area (Å²) in [5.41, 5.74) is 2.55. The molecule has 4 aromatic rings. The van der Waals surface area contributed by atoms with Crippen molar-refractivity contribution in [2.24, 2.45) is 5.10 Å². The molecule has 184 valence electrons. The van der Waals surface area contributed by atoms with Crippen LogP contribution in [0.1, 0.15) is 29.3 Å². The number of hydrogen-bond donors (Lipinski definition) is 1. The largest absolute Gasteiger partial charge is 0.277 e. The zero-order chi connectivity index (χ0) is 25.5. The van der Waals surface area contributed by atoms with Crippen molar-refractivity contribution in [1.29, 1.82) is 5.41 Å². The molecule has 2 unspecified atom stereocenters. The zero-order valence-corrected chi connectivity index (χ0v) is 22.7. The number of thiophene rings is 1. The first kappa shape index (κ1) is 24.1. The maximum absolute atomic E-state index is 13.5. The third-order valence-electron chi connectivity index (χ3n) is 6.55. The summed E-state index contributed by atoms with van der Waals surface area (Å²) in [4.78, 5) is 28.9. The molecule has 0 bridgehead atoms. The number of fused-ring (bicyclic) bond motifs is 1. The predicted molar refractivity (Wildman–Crippen MR) is 154 cm³/mol. The molecule has 3 aromatic carbocycles. The van der Waals surface area contributed by atoms with Crippen molar-refractivity contribution in [2.45, 2.75) is 24.1 Å². The summed E-state index contributed by atoms with van der Waals surface area (Å²) in [6.07, 6.45) is 0.706. The molecule has 3 heterocycles. The molecular formula is C28H21BrN4O2S2. The summed E-state index contributed by atoms with van der Waals surface area (Å²) >= 11 is 6.21. The van der Waals surface area contributed by atoms with E-state index in [0.717, 1.165) is 43.2 Å². The minimum atomic E-state index is -0.675. The lowest BCUT2D eigenvalue weighted by molar-refractivity contribution is -0.121. The number of amidine groups is 1. The molecule has 0 spiro atoms. The Morgan fingerprint density at radius 2 is 1.76 bits per heavy atom. The van der Waals surface area contributed by atoms with E-state index in [4.69, 9.17) is 10.5 Å². The van der Waals surface area contributed by atoms with Gasteiger partial charge in [-0.1, -0.05) is 82.3 Å². The van der Waals surface area contributed by atoms with E-state index in [9.17, 15) is 9.59 Å². The summed E-state index contributed by atoms with van der Waals surface area (Å²) in [6.45, 7) is 0. The van der Waals surface area contributed by atoms with Crippen LogP contribution in [0, 0.1) is 5.41 Å². The Bertz CT molecular complexity index is 1550. The molecule has 1 N–H and O–H groups in total. The summed E-state index contributed by atoms with van der Waals surface area (Å²) in [7, 11) is 0. The van der Waals surface area contributed by atoms with Crippen LogP contribution in [0.2, 0.25) is 0 Å². The molecule has 2 amide bonds. The van der Waals surface area contributed by atoms with Crippen LogP contribution in [0.3, 0.4) is 0 Å². The molecular weight excluding hydrogens is 568 g/mol. The summed E-state index contributed by atoms with van der Waals surface area (Å²) in [5.74, 6) is -0.543. The summed E-state index contributed by atoms with van der Waals surface area (Å²) in [6, 6.07) is 25.2. The second kappa shape index (κ2) is 9.89. The highest BCUT2D eigenvalue weighted by atomic mass is 79.9. The fourth-order valence-electron chi connectivity index (χ4n) is 4.78. The number of hydrazone groups is 1. The van der Waals surface area contributed by atoms with Gasteiger partial charge in [0.15, 0.2) is 5.17 Å². The number of imide groups is 1. The number of halogens is 1. The Balaban J connectivity index is 1.27. The lowest BCUT2D eigenvalue weighted by Crippen LogP contribution is -2.32. The van der Waals surface area contributed by atoms with Gasteiger partial charge in [0.05, 0.1) is 22.3 Å². The van der Waals surface area contributed by atoms with Crippen LogP contribution in [0.15, 0.2) is 93.8 Å². The third kappa shape index (κ3) is 4.52. The van der Waals surface area contributed by atoms with Crippen molar-refractivity contribution in [1.82, 2.24) is 5.01 Å². The van der Waals surface area contributed by atoms with Gasteiger partial charge < -0.3 is 0 Å². The lowest BCUT2D eigenvalue weighted by atomic mass is 10.0. The molecule has 6 nitrogen and oxygen atoms in total. The van der Waals surface area contributed by atoms with Gasteiger partial charge in [-0.15, -0.1) is 11.3 Å². The highest BCUT2D eigenvalue weighted by molar-refractivity contribution is 9.10. The monoisotopic (exact) mass is 588 g/mol. The van der Waals surface area contributed by atoms with E-state index in [1.54, 1.807) is 22.4 Å². The molecule has 0 aliphatic carbocycles. The fourth-order valence-corrected chi connectivity index (χ4v) is 6.74. The molecule has 0 saturated carbocycles. The predicted octanol–water partition coefficient (Wildman–Crippen LogP) is 6.81. The van der Waals surface area contributed by atoms with E-state index in [1.165, 1.54) is 4.90 Å². The third-order valence-corrected chi connectivity index (χ3v) is 9.06. The molecule has 2 aliphatic rings. The van der Waals surface area contributed by atoms with E-state index in [-0.39, 0.29) is 29.4 Å². The van der Waals surface area contributed by atoms with Crippen molar-refractivity contribution in [3.05, 3.63) is 99.2 Å². The number of thioether (sulfide) groups is 1. The molecule has 1 saturated heterocycles. The number of nitrogens with one attached hydrogen (secondary N) is 1. The standard InChI is InChI=1S/C28H21BrN4O2S2/c29-19-12-10-18(11-13-19)23-15-21(24-9-4-14-36-24)31-33(23)28(30)37-25-16-26(34)32(27(25)35)22-8-3-6-17-5-1-2-7-20(17)22/h1-14,23,25,30H,15-16H2. The molecule has 2 aliphatic heterocycles. The normalized spacial score (nSPS) is 19.6. The van der Waals surface area contributed by atoms with Crippen LogP contribution in [0.25, 0.3) is 10.8 Å². The maximum atomic E-state index is 13.5. The molecule has 37 heavy (non-hydrogen) atoms. The fraction of sp³-hybridized carbons (Fsp3) is 0.143. The van der Waals surface area contributed by atoms with Crippen molar-refractivity contribution < 1.29 is 9.59 Å². The Morgan fingerprint density at radius 1 is 0.973 bits per heavy atom. The van der Waals surface area contributed by atoms with Gasteiger partial charge in [0.2, 0.25) is 11.8 Å². The number of benzene rings is 3. The van der Waals surface area contributed by atoms with Crippen molar-refractivity contribution in [3.63, 3.8) is 0 Å². The quantitative estimate of drug-likeness (QED) is 0.161. The smallest absolute Gasteiger partial charge is 0.247 e. The second-order valence-electron chi connectivity index (χ2n) is 8.82. The van der Waals surface area contributed by atoms with Gasteiger partial charge in [-0.05, 0) is 40.6 Å². The minimum absolute atomic E-state index is 0.0490. The number of amides is 2. The Kier molecular flexibility index (Phi) is 6.44. The highest BCUT2D eigenvalue weighted by Crippen LogP contribution is 2.39. The first-order chi connectivity index (χ1) is 18.0. The number of carbonyl (C=O) groups is 2. The van der Waals surface area contributed by atoms with E-state index in [0.29, 0.717) is 12.1 Å². The number of hydrogen-bond acceptors (Lipinski definition) is 6. The average Bonchev–Trinajstić information content (AvgIpc) is 3.64. The molecule has 9 heteroatoms. The van der Waals surface area contributed by atoms with Crippen LogP contribution in [-0.4, -0.2) is 33.0 Å². The first-order valence-corrected chi connectivity index (χ1v) is 14.3. The van der Waals surface area contributed by atoms with E-state index >= 15 is 0 Å². The number of nitrogens with zero attached hydrogens (tertiary/aromatic N) is 3. The minimum Gasteiger partial charge on any atom is -0.277 e. The van der Waals surface area contributed by atoms with Crippen LogP contribution in [0.4, 0.5) is 5.69 Å². The number of rotatable bonds is 4. The molecule has 1 fully saturated rings. The molecule has 1 aromatic heterocycles. The Morgan fingerprint density at radius 3 is 2.54 bits per heavy atom. The van der Waals surface area contributed by atoms with E-state index in [2.05, 4.69) is 15.9 Å². The van der Waals surface area contributed by atoms with Gasteiger partial charge in [0, 0.05) is 22.7 Å². The van der Waals surface area contributed by atoms with Crippen LogP contribution < -0.4 is 4.90 Å². The van der Waals surface area contributed by atoms with Gasteiger partial charge in [-0.25, -0.2) is 9.91 Å². The molecule has 0 radical (unpaired) electrons. The van der Waals surface area contributed by atoms with Gasteiger partial charge in [0.25, 0.3) is 0 Å². The zero-order valence-electron chi connectivity index (χ0n) is 19.5. The number of carbonyl (C=O) groups excluding carboxylic acids is 2. The molecule has 2 atom stereocenters. The van der Waals surface area contributed by atoms with Crippen molar-refractivity contribution in [2.75, 3.05) is 4.90 Å². The summed E-state index contributed by atoms with van der Waals surface area (Å²) in [5, 5.41) is 18.8. The Hall–Kier alpha value is -3.27. The van der Waals surface area contributed by atoms with Gasteiger partial charge >= 0.3 is 0 Å². The average molecular weight is 590 g/mol. The first-order valence-electron chi connectivity index (χ1n) is 11.8. The van der Waals surface area contributed by atoms with Crippen LogP contribution in [0.5, 0.6) is 0 Å². The van der Waals surface area contributed by atoms with Gasteiger partial charge in [0.1, 0.15) is 5.25 Å². The second-order valence-corrected chi connectivity index (χ2v) is 11.9. The van der Waals surface area contributed by atoms with Crippen LogP contribution >= 0.6 is 39.0 Å². The van der Waals surface area contributed by atoms with Crippen molar-refractivity contribution >= 4 is 78.2 Å². The highest BCUT2D eigenvalue weighted by Gasteiger charge is 2.43. The van der Waals surface area contributed by atoms with E-state index in [1.807, 2.05) is 78.2 Å². The van der Waals surface area contributed by atoms with Gasteiger partial charge in [-0.3, -0.25) is 15.0 Å². The number of anilines is 1.